The lowest BCUT2D eigenvalue weighted by Crippen LogP contribution is -2.38. The highest BCUT2D eigenvalue weighted by Crippen LogP contribution is 2.44. The normalized spacial score (nSPS) is 22.3. The van der Waals surface area contributed by atoms with Crippen molar-refractivity contribution in [1.82, 2.24) is 4.90 Å². The molecule has 24 heavy (non-hydrogen) atoms. The monoisotopic (exact) mass is 323 g/mol. The number of fused-ring (bicyclic) bond motifs is 3. The summed E-state index contributed by atoms with van der Waals surface area (Å²) in [5.41, 5.74) is 4.86. The van der Waals surface area contributed by atoms with Gasteiger partial charge in [0.1, 0.15) is 6.61 Å². The molecule has 0 unspecified atom stereocenters. The van der Waals surface area contributed by atoms with Crippen molar-refractivity contribution in [3.63, 3.8) is 0 Å². The quantitative estimate of drug-likeness (QED) is 0.921. The standard InChI is InChI=1S/C20H21NO3/c1-13-19(22)10-11-21(13)20(23)24-12-18-16-8-4-2-6-14(16)15-7-3-5-9-17(15)18/h2-9,13,18-19,22H,10-12H2,1H3/t13-,19-/m0/s1. The van der Waals surface area contributed by atoms with Crippen LogP contribution in [0.5, 0.6) is 0 Å². The van der Waals surface area contributed by atoms with Gasteiger partial charge in [0.05, 0.1) is 12.1 Å². The summed E-state index contributed by atoms with van der Waals surface area (Å²) < 4.78 is 5.62. The van der Waals surface area contributed by atoms with E-state index in [2.05, 4.69) is 24.3 Å². The van der Waals surface area contributed by atoms with Crippen LogP contribution in [0.2, 0.25) is 0 Å². The average Bonchev–Trinajstić information content (AvgIpc) is 3.11. The van der Waals surface area contributed by atoms with Gasteiger partial charge in [0, 0.05) is 12.5 Å². The van der Waals surface area contributed by atoms with Crippen LogP contribution in [-0.4, -0.2) is 41.4 Å². The summed E-state index contributed by atoms with van der Waals surface area (Å²) in [5.74, 6) is 0.0733. The molecule has 1 aliphatic heterocycles. The van der Waals surface area contributed by atoms with E-state index >= 15 is 0 Å². The average molecular weight is 323 g/mol. The minimum absolute atomic E-state index is 0.0733. The Bertz CT molecular complexity index is 727. The fourth-order valence-electron chi connectivity index (χ4n) is 3.86. The van der Waals surface area contributed by atoms with Crippen LogP contribution in [0.1, 0.15) is 30.4 Å². The number of likely N-dealkylation sites (tertiary alicyclic amines) is 1. The summed E-state index contributed by atoms with van der Waals surface area (Å²) in [6.07, 6.45) is -0.169. The SMILES string of the molecule is C[C@H]1[C@@H](O)CCN1C(=O)OCC1c2ccccc2-c2ccccc21. The van der Waals surface area contributed by atoms with Gasteiger partial charge < -0.3 is 14.7 Å². The number of carbonyl (C=O) groups is 1. The van der Waals surface area contributed by atoms with E-state index in [9.17, 15) is 9.90 Å². The molecule has 1 fully saturated rings. The minimum Gasteiger partial charge on any atom is -0.448 e. The van der Waals surface area contributed by atoms with Crippen LogP contribution in [0, 0.1) is 0 Å². The van der Waals surface area contributed by atoms with Gasteiger partial charge in [-0.05, 0) is 35.6 Å². The topological polar surface area (TPSA) is 49.8 Å². The van der Waals surface area contributed by atoms with Crippen molar-refractivity contribution in [2.24, 2.45) is 0 Å². The van der Waals surface area contributed by atoms with Gasteiger partial charge >= 0.3 is 6.09 Å². The zero-order valence-electron chi connectivity index (χ0n) is 13.7. The van der Waals surface area contributed by atoms with E-state index in [0.29, 0.717) is 19.6 Å². The lowest BCUT2D eigenvalue weighted by atomic mass is 9.98. The van der Waals surface area contributed by atoms with Crippen LogP contribution < -0.4 is 0 Å². The summed E-state index contributed by atoms with van der Waals surface area (Å²) in [6, 6.07) is 16.4. The fraction of sp³-hybridized carbons (Fsp3) is 0.350. The number of hydrogen-bond acceptors (Lipinski definition) is 3. The predicted molar refractivity (Wildman–Crippen MR) is 91.9 cm³/mol. The molecular weight excluding hydrogens is 302 g/mol. The molecule has 2 aromatic carbocycles. The number of rotatable bonds is 2. The lowest BCUT2D eigenvalue weighted by molar-refractivity contribution is 0.0795. The molecule has 4 heteroatoms. The third-order valence-electron chi connectivity index (χ3n) is 5.28. The first-order valence-corrected chi connectivity index (χ1v) is 8.46. The first-order chi connectivity index (χ1) is 11.7. The summed E-state index contributed by atoms with van der Waals surface area (Å²) in [7, 11) is 0. The Balaban J connectivity index is 1.54. The number of carbonyl (C=O) groups excluding carboxylic acids is 1. The molecule has 2 aromatic rings. The highest BCUT2D eigenvalue weighted by atomic mass is 16.6. The molecule has 1 amide bonds. The maximum Gasteiger partial charge on any atom is 0.410 e. The largest absolute Gasteiger partial charge is 0.448 e. The van der Waals surface area contributed by atoms with Crippen LogP contribution in [0.15, 0.2) is 48.5 Å². The zero-order valence-corrected chi connectivity index (χ0v) is 13.7. The van der Waals surface area contributed by atoms with Crippen LogP contribution >= 0.6 is 0 Å². The van der Waals surface area contributed by atoms with Crippen molar-refractivity contribution in [3.8, 4) is 11.1 Å². The van der Waals surface area contributed by atoms with E-state index < -0.39 is 6.10 Å². The number of benzene rings is 2. The van der Waals surface area contributed by atoms with Crippen molar-refractivity contribution in [3.05, 3.63) is 59.7 Å². The van der Waals surface area contributed by atoms with Gasteiger partial charge in [-0.25, -0.2) is 4.79 Å². The van der Waals surface area contributed by atoms with Crippen LogP contribution in [0.4, 0.5) is 4.79 Å². The molecular formula is C20H21NO3. The Kier molecular flexibility index (Phi) is 3.77. The Morgan fingerprint density at radius 1 is 1.12 bits per heavy atom. The molecule has 0 radical (unpaired) electrons. The van der Waals surface area contributed by atoms with Crippen LogP contribution in [0.3, 0.4) is 0 Å². The maximum absolute atomic E-state index is 12.4. The van der Waals surface area contributed by atoms with Gasteiger partial charge in [-0.1, -0.05) is 48.5 Å². The Hall–Kier alpha value is -2.33. The summed E-state index contributed by atoms with van der Waals surface area (Å²) in [4.78, 5) is 14.0. The van der Waals surface area contributed by atoms with Gasteiger partial charge in [0.25, 0.3) is 0 Å². The first kappa shape index (κ1) is 15.2. The van der Waals surface area contributed by atoms with Crippen LogP contribution in [-0.2, 0) is 4.74 Å². The van der Waals surface area contributed by atoms with Crippen molar-refractivity contribution in [2.75, 3.05) is 13.2 Å². The molecule has 4 nitrogen and oxygen atoms in total. The second-order valence-corrected chi connectivity index (χ2v) is 6.59. The first-order valence-electron chi connectivity index (χ1n) is 8.46. The zero-order chi connectivity index (χ0) is 16.7. The van der Waals surface area contributed by atoms with Gasteiger partial charge in [0.2, 0.25) is 0 Å². The van der Waals surface area contributed by atoms with Gasteiger partial charge in [-0.15, -0.1) is 0 Å². The molecule has 2 atom stereocenters. The predicted octanol–water partition coefficient (Wildman–Crippen LogP) is 3.39. The smallest absolute Gasteiger partial charge is 0.410 e. The number of aliphatic hydroxyl groups excluding tert-OH is 1. The molecule has 1 saturated heterocycles. The van der Waals surface area contributed by atoms with Gasteiger partial charge in [-0.2, -0.15) is 0 Å². The highest BCUT2D eigenvalue weighted by Gasteiger charge is 2.35. The van der Waals surface area contributed by atoms with E-state index in [1.807, 2.05) is 31.2 Å². The van der Waals surface area contributed by atoms with E-state index in [4.69, 9.17) is 4.74 Å². The van der Waals surface area contributed by atoms with E-state index in [1.54, 1.807) is 4.90 Å². The Morgan fingerprint density at radius 3 is 2.25 bits per heavy atom. The number of hydrogen-bond donors (Lipinski definition) is 1. The Labute approximate surface area is 141 Å². The maximum atomic E-state index is 12.4. The van der Waals surface area contributed by atoms with Gasteiger partial charge in [0.15, 0.2) is 0 Å². The van der Waals surface area contributed by atoms with Crippen molar-refractivity contribution in [1.29, 1.82) is 0 Å². The van der Waals surface area contributed by atoms with E-state index in [-0.39, 0.29) is 18.1 Å². The summed E-state index contributed by atoms with van der Waals surface area (Å²) in [6.45, 7) is 2.74. The van der Waals surface area contributed by atoms with E-state index in [1.165, 1.54) is 22.3 Å². The molecule has 0 spiro atoms. The second kappa shape index (κ2) is 5.95. The molecule has 2 aliphatic rings. The third kappa shape index (κ3) is 2.38. The minimum atomic E-state index is -0.453. The van der Waals surface area contributed by atoms with Crippen LogP contribution in [0.25, 0.3) is 11.1 Å². The number of nitrogens with zero attached hydrogens (tertiary/aromatic N) is 1. The second-order valence-electron chi connectivity index (χ2n) is 6.59. The molecule has 4 rings (SSSR count). The number of ether oxygens (including phenoxy) is 1. The fourth-order valence-corrected chi connectivity index (χ4v) is 3.86. The molecule has 0 bridgehead atoms. The summed E-state index contributed by atoms with van der Waals surface area (Å²) >= 11 is 0. The number of amides is 1. The molecule has 0 aromatic heterocycles. The lowest BCUT2D eigenvalue weighted by Gasteiger charge is -2.23. The molecule has 0 saturated carbocycles. The number of aliphatic hydroxyl groups is 1. The van der Waals surface area contributed by atoms with Crippen molar-refractivity contribution < 1.29 is 14.6 Å². The molecule has 1 aliphatic carbocycles. The van der Waals surface area contributed by atoms with Gasteiger partial charge in [-0.3, -0.25) is 0 Å². The Morgan fingerprint density at radius 2 is 1.71 bits per heavy atom. The van der Waals surface area contributed by atoms with E-state index in [0.717, 1.165) is 0 Å². The van der Waals surface area contributed by atoms with Crippen molar-refractivity contribution in [2.45, 2.75) is 31.4 Å². The highest BCUT2D eigenvalue weighted by molar-refractivity contribution is 5.79. The molecule has 124 valence electrons. The van der Waals surface area contributed by atoms with Crippen molar-refractivity contribution >= 4 is 6.09 Å². The third-order valence-corrected chi connectivity index (χ3v) is 5.28. The molecule has 1 N–H and O–H groups in total. The summed E-state index contributed by atoms with van der Waals surface area (Å²) in [5, 5.41) is 9.81. The molecule has 1 heterocycles.